The van der Waals surface area contributed by atoms with Gasteiger partial charge in [0.05, 0.1) is 6.26 Å². The lowest BCUT2D eigenvalue weighted by atomic mass is 10.2. The zero-order valence-corrected chi connectivity index (χ0v) is 12.7. The fourth-order valence-electron chi connectivity index (χ4n) is 2.18. The van der Waals surface area contributed by atoms with Crippen molar-refractivity contribution in [1.29, 1.82) is 0 Å². The third-order valence-corrected chi connectivity index (χ3v) is 3.25. The van der Waals surface area contributed by atoms with E-state index >= 15 is 0 Å². The van der Waals surface area contributed by atoms with Gasteiger partial charge >= 0.3 is 6.36 Å². The number of hydrogen-bond donors (Lipinski definition) is 0. The zero-order valence-electron chi connectivity index (χ0n) is 12.7. The van der Waals surface area contributed by atoms with Crippen molar-refractivity contribution in [3.63, 3.8) is 0 Å². The fourth-order valence-corrected chi connectivity index (χ4v) is 2.18. The second kappa shape index (κ2) is 6.72. The van der Waals surface area contributed by atoms with E-state index in [0.29, 0.717) is 5.76 Å². The molecule has 7 heteroatoms. The highest BCUT2D eigenvalue weighted by atomic mass is 19.4. The second-order valence-corrected chi connectivity index (χ2v) is 5.08. The maximum Gasteiger partial charge on any atom is 0.573 e. The summed E-state index contributed by atoms with van der Waals surface area (Å²) < 4.78 is 47.1. The average molecular weight is 347 g/mol. The standard InChI is InChI=1S/C18H12F3NO3/c19-18(20,21)25-16-4-1-3-14(11-16)17(23)22-9-8-13(12-22)6-7-15-5-2-10-24-15/h1-12H/b7-6+. The van der Waals surface area contributed by atoms with Crippen molar-refractivity contribution in [3.8, 4) is 5.75 Å². The lowest BCUT2D eigenvalue weighted by Crippen LogP contribution is -2.17. The maximum atomic E-state index is 12.4. The number of carbonyl (C=O) groups is 1. The summed E-state index contributed by atoms with van der Waals surface area (Å²) in [5, 5.41) is 0. The van der Waals surface area contributed by atoms with E-state index in [1.807, 2.05) is 0 Å². The van der Waals surface area contributed by atoms with Gasteiger partial charge in [-0.05, 0) is 54.1 Å². The Morgan fingerprint density at radius 2 is 1.96 bits per heavy atom. The van der Waals surface area contributed by atoms with Gasteiger partial charge in [0, 0.05) is 18.0 Å². The summed E-state index contributed by atoms with van der Waals surface area (Å²) in [6.07, 6.45) is 3.33. The summed E-state index contributed by atoms with van der Waals surface area (Å²) in [5.74, 6) is -0.246. The minimum Gasteiger partial charge on any atom is -0.465 e. The summed E-state index contributed by atoms with van der Waals surface area (Å²) in [7, 11) is 0. The molecule has 0 radical (unpaired) electrons. The molecule has 0 aliphatic carbocycles. The molecule has 2 heterocycles. The van der Waals surface area contributed by atoms with Crippen molar-refractivity contribution in [3.05, 3.63) is 78.0 Å². The van der Waals surface area contributed by atoms with Crippen LogP contribution in [0, 0.1) is 0 Å². The number of carbonyl (C=O) groups excluding carboxylic acids is 1. The first-order chi connectivity index (χ1) is 11.9. The highest BCUT2D eigenvalue weighted by molar-refractivity contribution is 5.96. The Hall–Kier alpha value is -3.22. The molecule has 0 saturated heterocycles. The smallest absolute Gasteiger partial charge is 0.465 e. The van der Waals surface area contributed by atoms with Crippen LogP contribution < -0.4 is 4.74 Å². The summed E-state index contributed by atoms with van der Waals surface area (Å²) in [6, 6.07) is 10.2. The third-order valence-electron chi connectivity index (χ3n) is 3.25. The molecule has 4 nitrogen and oxygen atoms in total. The highest BCUT2D eigenvalue weighted by Gasteiger charge is 2.31. The molecular weight excluding hydrogens is 335 g/mol. The molecule has 0 aliphatic heterocycles. The molecular formula is C18H12F3NO3. The zero-order chi connectivity index (χ0) is 17.9. The third kappa shape index (κ3) is 4.41. The molecule has 0 bridgehead atoms. The Morgan fingerprint density at radius 3 is 2.68 bits per heavy atom. The van der Waals surface area contributed by atoms with Crippen LogP contribution in [0.15, 0.2) is 65.5 Å². The number of hydrogen-bond acceptors (Lipinski definition) is 3. The van der Waals surface area contributed by atoms with Crippen LogP contribution in [-0.2, 0) is 0 Å². The van der Waals surface area contributed by atoms with Gasteiger partial charge in [-0.15, -0.1) is 13.2 Å². The van der Waals surface area contributed by atoms with Gasteiger partial charge in [-0.2, -0.15) is 0 Å². The Balaban J connectivity index is 1.76. The lowest BCUT2D eigenvalue weighted by Gasteiger charge is -2.09. The average Bonchev–Trinajstić information content (AvgIpc) is 3.22. The first-order valence-electron chi connectivity index (χ1n) is 7.21. The molecule has 0 amide bonds. The number of furan rings is 1. The van der Waals surface area contributed by atoms with Gasteiger partial charge in [0.2, 0.25) is 0 Å². The van der Waals surface area contributed by atoms with E-state index in [9.17, 15) is 18.0 Å². The number of benzene rings is 1. The summed E-state index contributed by atoms with van der Waals surface area (Å²) in [5.41, 5.74) is 0.825. The molecule has 0 fully saturated rings. The predicted octanol–water partition coefficient (Wildman–Crippen LogP) is 4.84. The lowest BCUT2D eigenvalue weighted by molar-refractivity contribution is -0.274. The van der Waals surface area contributed by atoms with E-state index in [2.05, 4.69) is 4.74 Å². The van der Waals surface area contributed by atoms with Crippen molar-refractivity contribution in [2.45, 2.75) is 6.36 Å². The van der Waals surface area contributed by atoms with Gasteiger partial charge in [0.25, 0.3) is 5.91 Å². The van der Waals surface area contributed by atoms with E-state index in [-0.39, 0.29) is 5.56 Å². The molecule has 25 heavy (non-hydrogen) atoms. The maximum absolute atomic E-state index is 12.4. The highest BCUT2D eigenvalue weighted by Crippen LogP contribution is 2.23. The van der Waals surface area contributed by atoms with Crippen LogP contribution >= 0.6 is 0 Å². The number of rotatable bonds is 4. The SMILES string of the molecule is O=C(c1cccc(OC(F)(F)F)c1)n1ccc(/C=C/c2ccco2)c1. The number of aromatic nitrogens is 1. The Kier molecular flexibility index (Phi) is 4.47. The van der Waals surface area contributed by atoms with E-state index < -0.39 is 18.0 Å². The first kappa shape index (κ1) is 16.6. The van der Waals surface area contributed by atoms with Crippen LogP contribution in [0.3, 0.4) is 0 Å². The quantitative estimate of drug-likeness (QED) is 0.678. The monoisotopic (exact) mass is 347 g/mol. The van der Waals surface area contributed by atoms with Gasteiger partial charge in [-0.1, -0.05) is 6.07 Å². The van der Waals surface area contributed by atoms with E-state index in [0.717, 1.165) is 17.7 Å². The molecule has 0 unspecified atom stereocenters. The Morgan fingerprint density at radius 1 is 1.12 bits per heavy atom. The molecule has 0 aliphatic rings. The molecule has 0 N–H and O–H groups in total. The van der Waals surface area contributed by atoms with Crippen molar-refractivity contribution >= 4 is 18.1 Å². The Bertz CT molecular complexity index is 892. The molecule has 0 atom stereocenters. The largest absolute Gasteiger partial charge is 0.573 e. The van der Waals surface area contributed by atoms with Gasteiger partial charge in [-0.25, -0.2) is 0 Å². The first-order valence-corrected chi connectivity index (χ1v) is 7.21. The normalized spacial score (nSPS) is 11.8. The number of halogens is 3. The summed E-state index contributed by atoms with van der Waals surface area (Å²) in [6.45, 7) is 0. The predicted molar refractivity (Wildman–Crippen MR) is 84.9 cm³/mol. The van der Waals surface area contributed by atoms with Crippen LogP contribution in [-0.4, -0.2) is 16.8 Å². The van der Waals surface area contributed by atoms with E-state index in [1.165, 1.54) is 22.9 Å². The van der Waals surface area contributed by atoms with Gasteiger partial charge < -0.3 is 9.15 Å². The van der Waals surface area contributed by atoms with Gasteiger partial charge in [0.15, 0.2) is 0 Å². The van der Waals surface area contributed by atoms with Crippen LogP contribution in [0.1, 0.15) is 21.7 Å². The molecule has 0 saturated carbocycles. The van der Waals surface area contributed by atoms with Crippen LogP contribution in [0.5, 0.6) is 5.75 Å². The van der Waals surface area contributed by atoms with E-state index in [1.54, 1.807) is 42.8 Å². The summed E-state index contributed by atoms with van der Waals surface area (Å²) in [4.78, 5) is 12.4. The molecule has 2 aromatic heterocycles. The van der Waals surface area contributed by atoms with Gasteiger partial charge in [-0.3, -0.25) is 9.36 Å². The molecule has 1 aromatic carbocycles. The summed E-state index contributed by atoms with van der Waals surface area (Å²) >= 11 is 0. The van der Waals surface area contributed by atoms with Gasteiger partial charge in [0.1, 0.15) is 11.5 Å². The molecule has 3 aromatic rings. The van der Waals surface area contributed by atoms with Crippen LogP contribution in [0.25, 0.3) is 12.2 Å². The topological polar surface area (TPSA) is 44.4 Å². The van der Waals surface area contributed by atoms with Crippen molar-refractivity contribution in [2.75, 3.05) is 0 Å². The molecule has 128 valence electrons. The van der Waals surface area contributed by atoms with E-state index in [4.69, 9.17) is 4.42 Å². The minimum absolute atomic E-state index is 0.0823. The molecule has 3 rings (SSSR count). The molecule has 0 spiro atoms. The fraction of sp³-hybridized carbons (Fsp3) is 0.0556. The number of nitrogens with zero attached hydrogens (tertiary/aromatic N) is 1. The van der Waals surface area contributed by atoms with Crippen LogP contribution in [0.4, 0.5) is 13.2 Å². The Labute approximate surface area is 140 Å². The number of alkyl halides is 3. The van der Waals surface area contributed by atoms with Crippen molar-refractivity contribution in [1.82, 2.24) is 4.57 Å². The number of ether oxygens (including phenoxy) is 1. The van der Waals surface area contributed by atoms with Crippen molar-refractivity contribution < 1.29 is 27.1 Å². The van der Waals surface area contributed by atoms with Crippen LogP contribution in [0.2, 0.25) is 0 Å². The minimum atomic E-state index is -4.81. The van der Waals surface area contributed by atoms with Crippen molar-refractivity contribution in [2.24, 2.45) is 0 Å². The second-order valence-electron chi connectivity index (χ2n) is 5.08.